The lowest BCUT2D eigenvalue weighted by Gasteiger charge is -2.39. The van der Waals surface area contributed by atoms with Crippen LogP contribution in [0.25, 0.3) is 0 Å². The summed E-state index contributed by atoms with van der Waals surface area (Å²) in [4.78, 5) is 12.4. The molecule has 2 rings (SSSR count). The van der Waals surface area contributed by atoms with Crippen LogP contribution in [0.1, 0.15) is 44.7 Å². The number of carbonyl (C=O) groups excluding carboxylic acids is 1. The first kappa shape index (κ1) is 20.9. The van der Waals surface area contributed by atoms with E-state index >= 15 is 0 Å². The molecule has 0 aliphatic carbocycles. The highest BCUT2D eigenvalue weighted by molar-refractivity contribution is 5.85. The van der Waals surface area contributed by atoms with E-state index in [1.54, 1.807) is 0 Å². The molecule has 24 heavy (non-hydrogen) atoms. The normalized spacial score (nSPS) is 18.4. The Bertz CT molecular complexity index is 549. The molecule has 0 spiro atoms. The van der Waals surface area contributed by atoms with Crippen LogP contribution < -0.4 is 11.1 Å². The average molecular weight is 355 g/mol. The van der Waals surface area contributed by atoms with E-state index in [-0.39, 0.29) is 29.1 Å². The second-order valence-electron chi connectivity index (χ2n) is 7.77. The van der Waals surface area contributed by atoms with Gasteiger partial charge in [-0.1, -0.05) is 45.0 Å². The Hall–Kier alpha value is -1.10. The number of carbonyl (C=O) groups is 1. The number of nitrogens with one attached hydrogen (secondary N) is 1. The van der Waals surface area contributed by atoms with Gasteiger partial charge in [0, 0.05) is 25.2 Å². The van der Waals surface area contributed by atoms with E-state index in [0.29, 0.717) is 6.54 Å². The number of rotatable bonds is 4. The lowest BCUT2D eigenvalue weighted by atomic mass is 9.72. The zero-order valence-electron chi connectivity index (χ0n) is 15.2. The summed E-state index contributed by atoms with van der Waals surface area (Å²) in [5, 5.41) is 3.11. The van der Waals surface area contributed by atoms with Crippen molar-refractivity contribution in [2.45, 2.75) is 52.0 Å². The van der Waals surface area contributed by atoms with Crippen LogP contribution in [0, 0.1) is 12.3 Å². The summed E-state index contributed by atoms with van der Waals surface area (Å²) in [6.07, 6.45) is 1.84. The maximum atomic E-state index is 12.4. The van der Waals surface area contributed by atoms with E-state index < -0.39 is 6.04 Å². The fourth-order valence-corrected chi connectivity index (χ4v) is 3.23. The van der Waals surface area contributed by atoms with Crippen LogP contribution in [0.15, 0.2) is 24.3 Å². The molecule has 1 saturated heterocycles. The van der Waals surface area contributed by atoms with Gasteiger partial charge in [-0.15, -0.1) is 12.4 Å². The number of ether oxygens (including phenoxy) is 1. The Morgan fingerprint density at radius 2 is 1.88 bits per heavy atom. The van der Waals surface area contributed by atoms with Gasteiger partial charge in [0.1, 0.15) is 0 Å². The van der Waals surface area contributed by atoms with Crippen molar-refractivity contribution < 1.29 is 9.53 Å². The van der Waals surface area contributed by atoms with Gasteiger partial charge in [0.05, 0.1) is 6.04 Å². The highest BCUT2D eigenvalue weighted by Gasteiger charge is 2.37. The maximum Gasteiger partial charge on any atom is 0.237 e. The van der Waals surface area contributed by atoms with Gasteiger partial charge in [-0.2, -0.15) is 0 Å². The van der Waals surface area contributed by atoms with E-state index in [1.165, 1.54) is 11.1 Å². The molecule has 1 fully saturated rings. The Kier molecular flexibility index (Phi) is 7.26. The molecule has 1 aliphatic rings. The van der Waals surface area contributed by atoms with E-state index in [4.69, 9.17) is 10.5 Å². The molecule has 1 heterocycles. The van der Waals surface area contributed by atoms with Crippen molar-refractivity contribution in [2.75, 3.05) is 19.8 Å². The summed E-state index contributed by atoms with van der Waals surface area (Å²) in [5.74, 6) is -0.0723. The van der Waals surface area contributed by atoms with Gasteiger partial charge in [-0.05, 0) is 36.3 Å². The SMILES string of the molecule is Cc1ccccc1C1(CNC(=O)[C@@H](N)C(C)(C)C)CCOCC1.Cl. The second-order valence-corrected chi connectivity index (χ2v) is 7.77. The van der Waals surface area contributed by atoms with Gasteiger partial charge >= 0.3 is 0 Å². The third-order valence-electron chi connectivity index (χ3n) is 4.98. The molecule has 0 saturated carbocycles. The molecule has 3 N–H and O–H groups in total. The Labute approximate surface area is 151 Å². The quantitative estimate of drug-likeness (QED) is 0.873. The third-order valence-corrected chi connectivity index (χ3v) is 4.98. The largest absolute Gasteiger partial charge is 0.381 e. The molecule has 1 aromatic rings. The van der Waals surface area contributed by atoms with Crippen molar-refractivity contribution in [3.05, 3.63) is 35.4 Å². The number of benzene rings is 1. The fourth-order valence-electron chi connectivity index (χ4n) is 3.23. The monoisotopic (exact) mass is 354 g/mol. The number of halogens is 1. The number of amides is 1. The highest BCUT2D eigenvalue weighted by Crippen LogP contribution is 2.36. The summed E-state index contributed by atoms with van der Waals surface area (Å²) in [6.45, 7) is 10.2. The number of hydrogen-bond donors (Lipinski definition) is 2. The lowest BCUT2D eigenvalue weighted by molar-refractivity contribution is -0.125. The molecule has 1 amide bonds. The summed E-state index contributed by atoms with van der Waals surface area (Å²) in [6, 6.07) is 7.94. The molecular weight excluding hydrogens is 324 g/mol. The summed E-state index contributed by atoms with van der Waals surface area (Å²) in [7, 11) is 0. The average Bonchev–Trinajstić information content (AvgIpc) is 2.52. The summed E-state index contributed by atoms with van der Waals surface area (Å²) >= 11 is 0. The van der Waals surface area contributed by atoms with Crippen molar-refractivity contribution >= 4 is 18.3 Å². The number of aryl methyl sites for hydroxylation is 1. The molecular formula is C19H31ClN2O2. The van der Waals surface area contributed by atoms with Crippen molar-refractivity contribution in [3.8, 4) is 0 Å². The van der Waals surface area contributed by atoms with Crippen molar-refractivity contribution in [1.29, 1.82) is 0 Å². The van der Waals surface area contributed by atoms with Gasteiger partial charge in [-0.3, -0.25) is 4.79 Å². The van der Waals surface area contributed by atoms with Gasteiger partial charge < -0.3 is 15.8 Å². The zero-order valence-corrected chi connectivity index (χ0v) is 16.0. The Morgan fingerprint density at radius 3 is 2.42 bits per heavy atom. The molecule has 0 aromatic heterocycles. The molecule has 136 valence electrons. The van der Waals surface area contributed by atoms with Gasteiger partial charge in [0.15, 0.2) is 0 Å². The first-order valence-corrected chi connectivity index (χ1v) is 8.43. The van der Waals surface area contributed by atoms with Crippen LogP contribution in [-0.2, 0) is 14.9 Å². The topological polar surface area (TPSA) is 64.4 Å². The van der Waals surface area contributed by atoms with E-state index in [0.717, 1.165) is 26.1 Å². The molecule has 4 nitrogen and oxygen atoms in total. The highest BCUT2D eigenvalue weighted by atomic mass is 35.5. The van der Waals surface area contributed by atoms with Crippen LogP contribution in [0.4, 0.5) is 0 Å². The van der Waals surface area contributed by atoms with E-state index in [2.05, 4.69) is 36.5 Å². The molecule has 0 radical (unpaired) electrons. The van der Waals surface area contributed by atoms with Gasteiger partial charge in [0.2, 0.25) is 5.91 Å². The summed E-state index contributed by atoms with van der Waals surface area (Å²) in [5.41, 5.74) is 8.37. The van der Waals surface area contributed by atoms with E-state index in [9.17, 15) is 4.79 Å². The van der Waals surface area contributed by atoms with Crippen LogP contribution >= 0.6 is 12.4 Å². The first-order chi connectivity index (χ1) is 10.8. The van der Waals surface area contributed by atoms with Gasteiger partial charge in [-0.25, -0.2) is 0 Å². The second kappa shape index (κ2) is 8.32. The minimum atomic E-state index is -0.503. The predicted molar refractivity (Wildman–Crippen MR) is 101 cm³/mol. The minimum absolute atomic E-state index is 0. The third kappa shape index (κ3) is 4.71. The van der Waals surface area contributed by atoms with Crippen LogP contribution in [-0.4, -0.2) is 31.7 Å². The lowest BCUT2D eigenvalue weighted by Crippen LogP contribution is -2.52. The van der Waals surface area contributed by atoms with Gasteiger partial charge in [0.25, 0.3) is 0 Å². The Balaban J connectivity index is 0.00000288. The standard InChI is InChI=1S/C19H30N2O2.ClH/c1-14-7-5-6-8-15(14)19(9-11-23-12-10-19)13-21-17(22)16(20)18(2,3)4;/h5-8,16H,9-13,20H2,1-4H3,(H,21,22);1H/t16-;/m1./s1. The van der Waals surface area contributed by atoms with Crippen molar-refractivity contribution in [1.82, 2.24) is 5.32 Å². The van der Waals surface area contributed by atoms with Crippen molar-refractivity contribution in [2.24, 2.45) is 11.1 Å². The number of nitrogens with two attached hydrogens (primary N) is 1. The van der Waals surface area contributed by atoms with Crippen LogP contribution in [0.3, 0.4) is 0 Å². The zero-order chi connectivity index (χ0) is 17.1. The minimum Gasteiger partial charge on any atom is -0.381 e. The summed E-state index contributed by atoms with van der Waals surface area (Å²) < 4.78 is 5.56. The first-order valence-electron chi connectivity index (χ1n) is 8.43. The molecule has 0 unspecified atom stereocenters. The smallest absolute Gasteiger partial charge is 0.237 e. The maximum absolute atomic E-state index is 12.4. The van der Waals surface area contributed by atoms with E-state index in [1.807, 2.05) is 20.8 Å². The molecule has 1 atom stereocenters. The van der Waals surface area contributed by atoms with Crippen LogP contribution in [0.2, 0.25) is 0 Å². The molecule has 1 aliphatic heterocycles. The molecule has 1 aromatic carbocycles. The van der Waals surface area contributed by atoms with Crippen molar-refractivity contribution in [3.63, 3.8) is 0 Å². The Morgan fingerprint density at radius 1 is 1.29 bits per heavy atom. The van der Waals surface area contributed by atoms with Crippen LogP contribution in [0.5, 0.6) is 0 Å². The fraction of sp³-hybridized carbons (Fsp3) is 0.632. The molecule has 5 heteroatoms. The predicted octanol–water partition coefficient (Wildman–Crippen LogP) is 2.95. The molecule has 0 bridgehead atoms. The number of hydrogen-bond acceptors (Lipinski definition) is 3.